The number of sulfone groups is 1. The second-order valence-electron chi connectivity index (χ2n) is 3.27. The zero-order valence-electron chi connectivity index (χ0n) is 8.14. The summed E-state index contributed by atoms with van der Waals surface area (Å²) in [6, 6.07) is 7.94. The predicted octanol–water partition coefficient (Wildman–Crippen LogP) is 2.27. The summed E-state index contributed by atoms with van der Waals surface area (Å²) in [5, 5.41) is 8.93. The van der Waals surface area contributed by atoms with Gasteiger partial charge in [0.05, 0.1) is 22.6 Å². The molecular formula is C10H10ClNO2S. The van der Waals surface area contributed by atoms with Crippen LogP contribution in [0.5, 0.6) is 0 Å². The Morgan fingerprint density at radius 3 is 2.73 bits per heavy atom. The molecule has 0 aliphatic rings. The van der Waals surface area contributed by atoms with Crippen LogP contribution < -0.4 is 0 Å². The van der Waals surface area contributed by atoms with E-state index >= 15 is 0 Å². The maximum Gasteiger partial charge on any atom is 0.179 e. The Morgan fingerprint density at radius 2 is 2.20 bits per heavy atom. The van der Waals surface area contributed by atoms with Gasteiger partial charge >= 0.3 is 0 Å². The first-order valence-electron chi connectivity index (χ1n) is 4.33. The first-order valence-corrected chi connectivity index (χ1v) is 6.36. The molecule has 0 saturated carbocycles. The Labute approximate surface area is 94.2 Å². The van der Waals surface area contributed by atoms with Gasteiger partial charge in [-0.3, -0.25) is 0 Å². The van der Waals surface area contributed by atoms with Crippen molar-refractivity contribution in [3.8, 4) is 6.07 Å². The Kier molecular flexibility index (Phi) is 3.72. The number of hydrogen-bond acceptors (Lipinski definition) is 3. The van der Waals surface area contributed by atoms with Crippen molar-refractivity contribution in [1.29, 1.82) is 5.26 Å². The molecule has 0 N–H and O–H groups in total. The first kappa shape index (κ1) is 12.0. The summed E-state index contributed by atoms with van der Waals surface area (Å²) >= 11 is 5.69. The van der Waals surface area contributed by atoms with E-state index in [4.69, 9.17) is 16.9 Å². The van der Waals surface area contributed by atoms with E-state index in [-0.39, 0.29) is 10.6 Å². The van der Waals surface area contributed by atoms with Crippen molar-refractivity contribution in [2.24, 2.45) is 5.92 Å². The van der Waals surface area contributed by atoms with Gasteiger partial charge in [-0.25, -0.2) is 8.42 Å². The predicted molar refractivity (Wildman–Crippen MR) is 58.3 cm³/mol. The minimum Gasteiger partial charge on any atom is -0.224 e. The number of nitrogens with zero attached hydrogens (tertiary/aromatic N) is 1. The van der Waals surface area contributed by atoms with Crippen LogP contribution in [0.1, 0.15) is 6.92 Å². The molecule has 0 aliphatic heterocycles. The lowest BCUT2D eigenvalue weighted by Gasteiger charge is -2.05. The van der Waals surface area contributed by atoms with Crippen molar-refractivity contribution < 1.29 is 8.42 Å². The summed E-state index contributed by atoms with van der Waals surface area (Å²) in [4.78, 5) is 0.164. The van der Waals surface area contributed by atoms with E-state index in [9.17, 15) is 8.42 Å². The molecule has 80 valence electrons. The normalized spacial score (nSPS) is 13.1. The third kappa shape index (κ3) is 3.22. The standard InChI is InChI=1S/C10H10ClNO2S/c1-8(6-12)7-15(13,14)10-4-2-3-9(11)5-10/h2-5,8H,7H2,1H3. The van der Waals surface area contributed by atoms with Crippen LogP contribution in [-0.2, 0) is 9.84 Å². The summed E-state index contributed by atoms with van der Waals surface area (Å²) in [5.41, 5.74) is 0. The Morgan fingerprint density at radius 1 is 1.53 bits per heavy atom. The maximum atomic E-state index is 11.7. The smallest absolute Gasteiger partial charge is 0.179 e. The number of halogens is 1. The van der Waals surface area contributed by atoms with Gasteiger partial charge in [-0.1, -0.05) is 17.7 Å². The number of hydrogen-bond donors (Lipinski definition) is 0. The molecule has 0 spiro atoms. The lowest BCUT2D eigenvalue weighted by atomic mass is 10.3. The van der Waals surface area contributed by atoms with E-state index in [0.717, 1.165) is 0 Å². The number of nitriles is 1. The highest BCUT2D eigenvalue weighted by Gasteiger charge is 2.18. The van der Waals surface area contributed by atoms with Gasteiger partial charge in [0, 0.05) is 5.02 Å². The lowest BCUT2D eigenvalue weighted by molar-refractivity contribution is 0.589. The van der Waals surface area contributed by atoms with Crippen LogP contribution in [0.3, 0.4) is 0 Å². The largest absolute Gasteiger partial charge is 0.224 e. The van der Waals surface area contributed by atoms with Crippen LogP contribution >= 0.6 is 11.6 Å². The van der Waals surface area contributed by atoms with E-state index in [1.54, 1.807) is 19.1 Å². The molecule has 5 heteroatoms. The Bertz CT molecular complexity index is 490. The summed E-state index contributed by atoms with van der Waals surface area (Å²) in [7, 11) is -3.40. The van der Waals surface area contributed by atoms with Crippen molar-refractivity contribution in [1.82, 2.24) is 0 Å². The van der Waals surface area contributed by atoms with Crippen molar-refractivity contribution in [3.05, 3.63) is 29.3 Å². The fraction of sp³-hybridized carbons (Fsp3) is 0.300. The number of benzene rings is 1. The van der Waals surface area contributed by atoms with Gasteiger partial charge in [-0.2, -0.15) is 5.26 Å². The van der Waals surface area contributed by atoms with Crippen LogP contribution in [0.4, 0.5) is 0 Å². The lowest BCUT2D eigenvalue weighted by Crippen LogP contribution is -2.12. The molecule has 0 radical (unpaired) electrons. The third-order valence-electron chi connectivity index (χ3n) is 1.85. The molecule has 1 aromatic carbocycles. The van der Waals surface area contributed by atoms with E-state index in [0.29, 0.717) is 5.02 Å². The van der Waals surface area contributed by atoms with Gasteiger partial charge in [0.15, 0.2) is 9.84 Å². The molecule has 0 bridgehead atoms. The van der Waals surface area contributed by atoms with Crippen LogP contribution in [0.15, 0.2) is 29.2 Å². The summed E-state index contributed by atoms with van der Waals surface area (Å²) < 4.78 is 23.5. The molecule has 0 heterocycles. The fourth-order valence-electron chi connectivity index (χ4n) is 1.12. The molecule has 1 rings (SSSR count). The van der Waals surface area contributed by atoms with E-state index in [1.165, 1.54) is 12.1 Å². The molecule has 1 aromatic rings. The molecular weight excluding hydrogens is 234 g/mol. The fourth-order valence-corrected chi connectivity index (χ4v) is 2.90. The highest BCUT2D eigenvalue weighted by atomic mass is 35.5. The Hall–Kier alpha value is -1.05. The minimum atomic E-state index is -3.40. The molecule has 0 aromatic heterocycles. The highest BCUT2D eigenvalue weighted by Crippen LogP contribution is 2.18. The maximum absolute atomic E-state index is 11.7. The average Bonchev–Trinajstić information content (AvgIpc) is 2.17. The van der Waals surface area contributed by atoms with Gasteiger partial charge in [-0.15, -0.1) is 0 Å². The van der Waals surface area contributed by atoms with Gasteiger partial charge in [0.25, 0.3) is 0 Å². The third-order valence-corrected chi connectivity index (χ3v) is 3.99. The van der Waals surface area contributed by atoms with Crippen molar-refractivity contribution in [2.45, 2.75) is 11.8 Å². The monoisotopic (exact) mass is 243 g/mol. The second-order valence-corrected chi connectivity index (χ2v) is 5.74. The molecule has 0 fully saturated rings. The van der Waals surface area contributed by atoms with E-state index < -0.39 is 15.8 Å². The van der Waals surface area contributed by atoms with Crippen molar-refractivity contribution in [2.75, 3.05) is 5.75 Å². The summed E-state index contributed by atoms with van der Waals surface area (Å²) in [5.74, 6) is -0.696. The zero-order valence-corrected chi connectivity index (χ0v) is 9.72. The van der Waals surface area contributed by atoms with E-state index in [1.807, 2.05) is 6.07 Å². The molecule has 0 saturated heterocycles. The SMILES string of the molecule is CC(C#N)CS(=O)(=O)c1cccc(Cl)c1. The molecule has 0 amide bonds. The van der Waals surface area contributed by atoms with Crippen LogP contribution in [0, 0.1) is 17.2 Å². The minimum absolute atomic E-state index is 0.164. The molecule has 15 heavy (non-hydrogen) atoms. The molecule has 1 unspecified atom stereocenters. The summed E-state index contributed by atoms with van der Waals surface area (Å²) in [6.45, 7) is 1.57. The van der Waals surface area contributed by atoms with Gasteiger partial charge < -0.3 is 0 Å². The van der Waals surface area contributed by atoms with Crippen LogP contribution in [-0.4, -0.2) is 14.2 Å². The van der Waals surface area contributed by atoms with E-state index in [2.05, 4.69) is 0 Å². The van der Waals surface area contributed by atoms with Gasteiger partial charge in [0.1, 0.15) is 0 Å². The second kappa shape index (κ2) is 4.65. The summed E-state index contributed by atoms with van der Waals surface area (Å²) in [6.07, 6.45) is 0. The quantitative estimate of drug-likeness (QED) is 0.818. The first-order chi connectivity index (χ1) is 6.95. The van der Waals surface area contributed by atoms with Crippen LogP contribution in [0.25, 0.3) is 0 Å². The Balaban J connectivity index is 3.03. The van der Waals surface area contributed by atoms with Crippen LogP contribution in [0.2, 0.25) is 5.02 Å². The average molecular weight is 244 g/mol. The van der Waals surface area contributed by atoms with Crippen molar-refractivity contribution >= 4 is 21.4 Å². The zero-order chi connectivity index (χ0) is 11.5. The highest BCUT2D eigenvalue weighted by molar-refractivity contribution is 7.91. The molecule has 1 atom stereocenters. The van der Waals surface area contributed by atoms with Gasteiger partial charge in [0.2, 0.25) is 0 Å². The molecule has 3 nitrogen and oxygen atoms in total. The number of rotatable bonds is 3. The van der Waals surface area contributed by atoms with Crippen molar-refractivity contribution in [3.63, 3.8) is 0 Å². The molecule has 0 aliphatic carbocycles. The van der Waals surface area contributed by atoms with Gasteiger partial charge in [-0.05, 0) is 25.1 Å². The topological polar surface area (TPSA) is 57.9 Å².